The van der Waals surface area contributed by atoms with Crippen LogP contribution in [0.2, 0.25) is 0 Å². The lowest BCUT2D eigenvalue weighted by molar-refractivity contribution is -0.147. The quantitative estimate of drug-likeness (QED) is 0.748. The predicted molar refractivity (Wildman–Crippen MR) is 77.0 cm³/mol. The van der Waals surface area contributed by atoms with E-state index in [0.29, 0.717) is 0 Å². The maximum Gasteiger partial charge on any atom is 0.426 e. The number of esters is 1. The molecule has 1 aliphatic carbocycles. The van der Waals surface area contributed by atoms with Crippen molar-refractivity contribution in [2.24, 2.45) is 17.3 Å². The lowest BCUT2D eigenvalue weighted by atomic mass is 10.1. The van der Waals surface area contributed by atoms with Crippen LogP contribution in [0.4, 0.5) is 13.2 Å². The van der Waals surface area contributed by atoms with E-state index in [2.05, 4.69) is 0 Å². The average molecular weight is 333 g/mol. The van der Waals surface area contributed by atoms with Crippen LogP contribution in [0.25, 0.3) is 0 Å². The molecule has 0 radical (unpaired) electrons. The first-order valence-electron chi connectivity index (χ1n) is 6.79. The van der Waals surface area contributed by atoms with Crippen molar-refractivity contribution in [3.63, 3.8) is 0 Å². The first-order chi connectivity index (χ1) is 10.1. The zero-order chi connectivity index (χ0) is 16.5. The monoisotopic (exact) mass is 332 g/mol. The van der Waals surface area contributed by atoms with Crippen molar-refractivity contribution in [3.05, 3.63) is 47.0 Å². The molecule has 6 heteroatoms. The van der Waals surface area contributed by atoms with E-state index in [1.165, 1.54) is 0 Å². The molecule has 1 aromatic carbocycles. The topological polar surface area (TPSA) is 26.3 Å². The fourth-order valence-electron chi connectivity index (χ4n) is 2.51. The van der Waals surface area contributed by atoms with E-state index in [0.717, 1.165) is 11.6 Å². The van der Waals surface area contributed by atoms with Gasteiger partial charge in [-0.05, 0) is 16.9 Å². The third-order valence-electron chi connectivity index (χ3n) is 3.99. The van der Waals surface area contributed by atoms with E-state index in [-0.39, 0.29) is 6.61 Å². The summed E-state index contributed by atoms with van der Waals surface area (Å²) in [5.41, 5.74) is 0.244. The number of carbonyl (C=O) groups is 1. The van der Waals surface area contributed by atoms with E-state index < -0.39 is 34.4 Å². The Morgan fingerprint density at radius 3 is 2.45 bits per heavy atom. The van der Waals surface area contributed by atoms with Crippen molar-refractivity contribution in [1.29, 1.82) is 0 Å². The molecule has 0 amide bonds. The molecular formula is C16H16ClF3O2. The summed E-state index contributed by atoms with van der Waals surface area (Å²) in [6, 6.07) is 9.10. The van der Waals surface area contributed by atoms with Crippen LogP contribution in [0.3, 0.4) is 0 Å². The molecule has 0 aromatic heterocycles. The van der Waals surface area contributed by atoms with Gasteiger partial charge in [-0.3, -0.25) is 4.79 Å². The van der Waals surface area contributed by atoms with Crippen molar-refractivity contribution in [1.82, 2.24) is 0 Å². The zero-order valence-electron chi connectivity index (χ0n) is 12.2. The van der Waals surface area contributed by atoms with Crippen molar-refractivity contribution < 1.29 is 22.7 Å². The molecule has 2 nitrogen and oxygen atoms in total. The molecule has 1 fully saturated rings. The molecule has 0 aliphatic heterocycles. The average Bonchev–Trinajstić information content (AvgIpc) is 2.97. The summed E-state index contributed by atoms with van der Waals surface area (Å²) in [7, 11) is 0. The number of carbonyl (C=O) groups excluding carboxylic acids is 1. The molecule has 2 atom stereocenters. The highest BCUT2D eigenvalue weighted by Crippen LogP contribution is 2.60. The van der Waals surface area contributed by atoms with Gasteiger partial charge in [-0.25, -0.2) is 0 Å². The first-order valence-corrected chi connectivity index (χ1v) is 7.17. The van der Waals surface area contributed by atoms with Gasteiger partial charge in [0, 0.05) is 0 Å². The summed E-state index contributed by atoms with van der Waals surface area (Å²) >= 11 is 5.25. The van der Waals surface area contributed by atoms with Crippen molar-refractivity contribution in [2.75, 3.05) is 0 Å². The summed E-state index contributed by atoms with van der Waals surface area (Å²) in [4.78, 5) is 12.1. The lowest BCUT2D eigenvalue weighted by Crippen LogP contribution is -2.11. The largest absolute Gasteiger partial charge is 0.461 e. The Labute approximate surface area is 131 Å². The Morgan fingerprint density at radius 2 is 1.91 bits per heavy atom. The molecule has 1 saturated carbocycles. The molecule has 0 saturated heterocycles. The molecule has 0 N–H and O–H groups in total. The predicted octanol–water partition coefficient (Wildman–Crippen LogP) is 4.69. The summed E-state index contributed by atoms with van der Waals surface area (Å²) in [5, 5.41) is -1.19. The van der Waals surface area contributed by atoms with Gasteiger partial charge in [0.1, 0.15) is 11.6 Å². The molecule has 120 valence electrons. The second-order valence-corrected chi connectivity index (χ2v) is 6.34. The van der Waals surface area contributed by atoms with Gasteiger partial charge >= 0.3 is 12.1 Å². The van der Waals surface area contributed by atoms with Crippen molar-refractivity contribution in [3.8, 4) is 0 Å². The Balaban J connectivity index is 1.99. The summed E-state index contributed by atoms with van der Waals surface area (Å²) in [6.07, 6.45) is -3.67. The van der Waals surface area contributed by atoms with Gasteiger partial charge < -0.3 is 4.74 Å². The van der Waals surface area contributed by atoms with Crippen LogP contribution in [0.15, 0.2) is 41.4 Å². The highest BCUT2D eigenvalue weighted by molar-refractivity contribution is 6.30. The second-order valence-electron chi connectivity index (χ2n) is 5.93. The molecule has 0 bridgehead atoms. The van der Waals surface area contributed by atoms with E-state index in [1.54, 1.807) is 13.8 Å². The second kappa shape index (κ2) is 5.95. The van der Waals surface area contributed by atoms with Gasteiger partial charge in [0.25, 0.3) is 0 Å². The minimum Gasteiger partial charge on any atom is -0.461 e. The van der Waals surface area contributed by atoms with Crippen LogP contribution >= 0.6 is 11.6 Å². The number of alkyl halides is 3. The van der Waals surface area contributed by atoms with Crippen LogP contribution in [-0.4, -0.2) is 12.1 Å². The number of rotatable bonds is 4. The summed E-state index contributed by atoms with van der Waals surface area (Å²) in [5.74, 6) is -1.67. The Hall–Kier alpha value is -1.49. The number of hydrogen-bond donors (Lipinski definition) is 0. The number of ether oxygens (including phenoxy) is 1. The Bertz CT molecular complexity index is 579. The number of hydrogen-bond acceptors (Lipinski definition) is 2. The normalized spacial score (nSPS) is 24.0. The lowest BCUT2D eigenvalue weighted by Gasteiger charge is -2.05. The van der Waals surface area contributed by atoms with E-state index >= 15 is 0 Å². The Morgan fingerprint density at radius 1 is 1.32 bits per heavy atom. The van der Waals surface area contributed by atoms with E-state index in [9.17, 15) is 18.0 Å². The highest BCUT2D eigenvalue weighted by Gasteiger charge is 2.62. The number of halogens is 4. The fraction of sp³-hybridized carbons (Fsp3) is 0.438. The SMILES string of the molecule is CC1(C)[C@H](C(=O)OCc2ccccc2)[C@@H]1C=C(Cl)C(F)(F)F. The maximum atomic E-state index is 12.5. The van der Waals surface area contributed by atoms with E-state index in [1.807, 2.05) is 30.3 Å². The molecule has 0 unspecified atom stereocenters. The summed E-state index contributed by atoms with van der Waals surface area (Å²) < 4.78 is 42.6. The molecule has 1 aliphatic rings. The van der Waals surface area contributed by atoms with Gasteiger partial charge in [0.05, 0.1) is 5.92 Å². The first kappa shape index (κ1) is 16.9. The molecular weight excluding hydrogens is 317 g/mol. The van der Waals surface area contributed by atoms with Gasteiger partial charge in [-0.1, -0.05) is 61.9 Å². The third-order valence-corrected chi connectivity index (χ3v) is 4.33. The standard InChI is InChI=1S/C16H16ClF3O2/c1-15(2)11(8-12(17)16(18,19)20)13(15)14(21)22-9-10-6-4-3-5-7-10/h3-8,11,13H,9H2,1-2H3/t11-,13-/m0/s1. The highest BCUT2D eigenvalue weighted by atomic mass is 35.5. The van der Waals surface area contributed by atoms with Crippen LogP contribution in [0, 0.1) is 17.3 Å². The third kappa shape index (κ3) is 3.64. The van der Waals surface area contributed by atoms with Crippen molar-refractivity contribution in [2.45, 2.75) is 26.6 Å². The fourth-order valence-corrected chi connectivity index (χ4v) is 2.65. The molecule has 1 aromatic rings. The summed E-state index contributed by atoms with van der Waals surface area (Å²) in [6.45, 7) is 3.56. The molecule has 0 heterocycles. The van der Waals surface area contributed by atoms with Gasteiger partial charge in [-0.2, -0.15) is 13.2 Å². The maximum absolute atomic E-state index is 12.5. The number of benzene rings is 1. The smallest absolute Gasteiger partial charge is 0.426 e. The van der Waals surface area contributed by atoms with Gasteiger partial charge in [0.15, 0.2) is 0 Å². The van der Waals surface area contributed by atoms with Crippen LogP contribution in [0.5, 0.6) is 0 Å². The molecule has 22 heavy (non-hydrogen) atoms. The minimum absolute atomic E-state index is 0.107. The van der Waals surface area contributed by atoms with Crippen LogP contribution in [0.1, 0.15) is 19.4 Å². The van der Waals surface area contributed by atoms with Gasteiger partial charge in [0.2, 0.25) is 0 Å². The number of allylic oxidation sites excluding steroid dienone is 2. The molecule has 0 spiro atoms. The van der Waals surface area contributed by atoms with Gasteiger partial charge in [-0.15, -0.1) is 0 Å². The minimum atomic E-state index is -4.58. The van der Waals surface area contributed by atoms with Crippen LogP contribution in [-0.2, 0) is 16.1 Å². The Kier molecular flexibility index (Phi) is 4.57. The van der Waals surface area contributed by atoms with Crippen molar-refractivity contribution >= 4 is 17.6 Å². The van der Waals surface area contributed by atoms with Crippen LogP contribution < -0.4 is 0 Å². The zero-order valence-corrected chi connectivity index (χ0v) is 12.9. The van der Waals surface area contributed by atoms with E-state index in [4.69, 9.17) is 16.3 Å². The molecule has 2 rings (SSSR count).